The molecule has 0 spiro atoms. The topological polar surface area (TPSA) is 55.3 Å². The van der Waals surface area contributed by atoms with Gasteiger partial charge < -0.3 is 9.64 Å². The van der Waals surface area contributed by atoms with E-state index in [2.05, 4.69) is 42.9 Å². The predicted octanol–water partition coefficient (Wildman–Crippen LogP) is 3.63. The van der Waals surface area contributed by atoms with Gasteiger partial charge in [-0.05, 0) is 47.7 Å². The molecule has 1 fully saturated rings. The number of piperidine rings is 1. The van der Waals surface area contributed by atoms with Gasteiger partial charge in [0.25, 0.3) is 0 Å². The molecule has 3 rings (SSSR count). The number of carbonyl (C=O) groups excluding carboxylic acids is 1. The highest BCUT2D eigenvalue weighted by atomic mass is 79.9. The Kier molecular flexibility index (Phi) is 5.68. The zero-order valence-corrected chi connectivity index (χ0v) is 15.9. The Hall–Kier alpha value is -1.95. The average molecular weight is 404 g/mol. The summed E-state index contributed by atoms with van der Waals surface area (Å²) in [4.78, 5) is 23.6. The van der Waals surface area contributed by atoms with Gasteiger partial charge >= 0.3 is 5.97 Å². The summed E-state index contributed by atoms with van der Waals surface area (Å²) in [5, 5.41) is 0. The van der Waals surface area contributed by atoms with E-state index in [1.165, 1.54) is 5.56 Å². The molecule has 6 heteroatoms. The molecular formula is C19H22BrN3O2. The van der Waals surface area contributed by atoms with Crippen LogP contribution in [-0.4, -0.2) is 35.6 Å². The Bertz CT molecular complexity index is 698. The molecule has 5 nitrogen and oxygen atoms in total. The fourth-order valence-electron chi connectivity index (χ4n) is 3.33. The van der Waals surface area contributed by atoms with Crippen LogP contribution in [0.3, 0.4) is 0 Å². The van der Waals surface area contributed by atoms with Crippen molar-refractivity contribution in [3.8, 4) is 0 Å². The second kappa shape index (κ2) is 7.95. The molecule has 2 heterocycles. The van der Waals surface area contributed by atoms with E-state index in [1.54, 1.807) is 12.4 Å². The van der Waals surface area contributed by atoms with Gasteiger partial charge in [-0.2, -0.15) is 0 Å². The van der Waals surface area contributed by atoms with Crippen LogP contribution in [0, 0.1) is 5.41 Å². The molecule has 0 radical (unpaired) electrons. The number of ether oxygens (including phenoxy) is 1. The number of nitrogens with zero attached hydrogens (tertiary/aromatic N) is 3. The normalized spacial score (nSPS) is 16.5. The van der Waals surface area contributed by atoms with Crippen LogP contribution in [-0.2, 0) is 16.0 Å². The van der Waals surface area contributed by atoms with Crippen molar-refractivity contribution in [2.24, 2.45) is 5.41 Å². The summed E-state index contributed by atoms with van der Waals surface area (Å²) < 4.78 is 6.28. The lowest BCUT2D eigenvalue weighted by Gasteiger charge is -2.40. The van der Waals surface area contributed by atoms with Crippen molar-refractivity contribution in [1.82, 2.24) is 9.97 Å². The Labute approximate surface area is 156 Å². The Morgan fingerprint density at radius 1 is 1.20 bits per heavy atom. The fraction of sp³-hybridized carbons (Fsp3) is 0.421. The van der Waals surface area contributed by atoms with Crippen LogP contribution in [0.5, 0.6) is 0 Å². The van der Waals surface area contributed by atoms with Gasteiger partial charge in [0.15, 0.2) is 0 Å². The van der Waals surface area contributed by atoms with Gasteiger partial charge in [-0.3, -0.25) is 4.79 Å². The molecule has 0 aliphatic carbocycles. The average Bonchev–Trinajstić information content (AvgIpc) is 2.64. The van der Waals surface area contributed by atoms with E-state index in [9.17, 15) is 4.79 Å². The summed E-state index contributed by atoms with van der Waals surface area (Å²) in [6.45, 7) is 3.76. The van der Waals surface area contributed by atoms with E-state index >= 15 is 0 Å². The molecule has 0 bridgehead atoms. The number of hydrogen-bond donors (Lipinski definition) is 0. The van der Waals surface area contributed by atoms with Gasteiger partial charge in [-0.15, -0.1) is 0 Å². The molecule has 132 valence electrons. The number of hydrogen-bond acceptors (Lipinski definition) is 5. The number of halogens is 1. The number of benzene rings is 1. The van der Waals surface area contributed by atoms with E-state index in [0.29, 0.717) is 19.0 Å². The highest BCUT2D eigenvalue weighted by molar-refractivity contribution is 9.10. The highest BCUT2D eigenvalue weighted by Gasteiger charge is 2.43. The Balaban J connectivity index is 1.76. The van der Waals surface area contributed by atoms with Crippen LogP contribution >= 0.6 is 15.9 Å². The van der Waals surface area contributed by atoms with Crippen molar-refractivity contribution >= 4 is 27.8 Å². The second-order valence-electron chi connectivity index (χ2n) is 6.35. The smallest absolute Gasteiger partial charge is 0.312 e. The van der Waals surface area contributed by atoms with Crippen LogP contribution in [0.15, 0.2) is 47.2 Å². The van der Waals surface area contributed by atoms with Crippen molar-refractivity contribution in [2.75, 3.05) is 24.6 Å². The van der Waals surface area contributed by atoms with Crippen LogP contribution in [0.4, 0.5) is 5.95 Å². The first-order valence-corrected chi connectivity index (χ1v) is 9.36. The van der Waals surface area contributed by atoms with Crippen molar-refractivity contribution in [3.63, 3.8) is 0 Å². The number of rotatable bonds is 5. The summed E-state index contributed by atoms with van der Waals surface area (Å²) in [6, 6.07) is 10.2. The van der Waals surface area contributed by atoms with Gasteiger partial charge in [-0.25, -0.2) is 9.97 Å². The Morgan fingerprint density at radius 3 is 2.44 bits per heavy atom. The molecule has 0 atom stereocenters. The Morgan fingerprint density at radius 2 is 1.84 bits per heavy atom. The largest absolute Gasteiger partial charge is 0.466 e. The first-order chi connectivity index (χ1) is 12.1. The summed E-state index contributed by atoms with van der Waals surface area (Å²) in [5.41, 5.74) is 0.701. The van der Waals surface area contributed by atoms with Gasteiger partial charge in [0.1, 0.15) is 0 Å². The summed E-state index contributed by atoms with van der Waals surface area (Å²) >= 11 is 3.36. The lowest BCUT2D eigenvalue weighted by molar-refractivity contribution is -0.156. The quantitative estimate of drug-likeness (QED) is 0.713. The van der Waals surface area contributed by atoms with E-state index in [-0.39, 0.29) is 5.97 Å². The maximum absolute atomic E-state index is 12.7. The summed E-state index contributed by atoms with van der Waals surface area (Å²) in [5.74, 6) is 0.621. The fourth-order valence-corrected chi connectivity index (χ4v) is 3.53. The number of carbonyl (C=O) groups is 1. The minimum absolute atomic E-state index is 0.0878. The van der Waals surface area contributed by atoms with E-state index < -0.39 is 5.41 Å². The number of aromatic nitrogens is 2. The van der Waals surface area contributed by atoms with Gasteiger partial charge in [0.2, 0.25) is 5.95 Å². The minimum atomic E-state index is -0.469. The first kappa shape index (κ1) is 17.9. The van der Waals surface area contributed by atoms with E-state index in [1.807, 2.05) is 25.1 Å². The van der Waals surface area contributed by atoms with Crippen molar-refractivity contribution in [3.05, 3.63) is 52.8 Å². The molecule has 1 aromatic heterocycles. The minimum Gasteiger partial charge on any atom is -0.466 e. The van der Waals surface area contributed by atoms with Gasteiger partial charge in [0.05, 0.1) is 16.5 Å². The number of anilines is 1. The molecule has 25 heavy (non-hydrogen) atoms. The molecule has 1 aromatic carbocycles. The maximum Gasteiger partial charge on any atom is 0.312 e. The molecule has 1 aliphatic rings. The van der Waals surface area contributed by atoms with Crippen molar-refractivity contribution in [1.29, 1.82) is 0 Å². The van der Waals surface area contributed by atoms with Crippen LogP contribution in [0.25, 0.3) is 0 Å². The van der Waals surface area contributed by atoms with Crippen LogP contribution in [0.2, 0.25) is 0 Å². The lowest BCUT2D eigenvalue weighted by atomic mass is 9.73. The number of esters is 1. The zero-order chi connectivity index (χ0) is 17.7. The monoisotopic (exact) mass is 403 g/mol. The third-order valence-corrected chi connectivity index (χ3v) is 5.11. The molecule has 0 amide bonds. The predicted molar refractivity (Wildman–Crippen MR) is 100 cm³/mol. The second-order valence-corrected chi connectivity index (χ2v) is 7.27. The summed E-state index contributed by atoms with van der Waals surface area (Å²) in [7, 11) is 0. The van der Waals surface area contributed by atoms with E-state index in [0.717, 1.165) is 30.4 Å². The lowest BCUT2D eigenvalue weighted by Crippen LogP contribution is -2.47. The van der Waals surface area contributed by atoms with Gasteiger partial charge in [-0.1, -0.05) is 30.3 Å². The molecule has 1 aliphatic heterocycles. The highest BCUT2D eigenvalue weighted by Crippen LogP contribution is 2.37. The molecule has 0 saturated carbocycles. The van der Waals surface area contributed by atoms with Crippen LogP contribution in [0.1, 0.15) is 25.3 Å². The zero-order valence-electron chi connectivity index (χ0n) is 14.3. The third kappa shape index (κ3) is 4.18. The first-order valence-electron chi connectivity index (χ1n) is 8.56. The van der Waals surface area contributed by atoms with Gasteiger partial charge in [0, 0.05) is 25.5 Å². The van der Waals surface area contributed by atoms with E-state index in [4.69, 9.17) is 4.74 Å². The molecule has 1 saturated heterocycles. The maximum atomic E-state index is 12.7. The SMILES string of the molecule is CCOC(=O)C1(Cc2ccccc2)CCN(c2ncc(Br)cn2)CC1. The van der Waals surface area contributed by atoms with Crippen molar-refractivity contribution in [2.45, 2.75) is 26.2 Å². The molecule has 0 N–H and O–H groups in total. The standard InChI is InChI=1S/C19H22BrN3O2/c1-2-25-17(24)19(12-15-6-4-3-5-7-15)8-10-23(11-9-19)18-21-13-16(20)14-22-18/h3-7,13-14H,2,8-12H2,1H3. The molecule has 2 aromatic rings. The summed E-state index contributed by atoms with van der Waals surface area (Å²) in [6.07, 6.45) is 5.68. The van der Waals surface area contributed by atoms with Crippen LogP contribution < -0.4 is 4.90 Å². The molecule has 0 unspecified atom stereocenters. The third-order valence-electron chi connectivity index (χ3n) is 4.70. The van der Waals surface area contributed by atoms with Crippen molar-refractivity contribution < 1.29 is 9.53 Å². The molecular weight excluding hydrogens is 382 g/mol.